The summed E-state index contributed by atoms with van der Waals surface area (Å²) in [5.41, 5.74) is -0.0467. The SMILES string of the molecule is COc1ccc(CCNc2ncc3[nH]c(=O)n(-c4cccc(F)c4)c(=O)c3n2)cc1OC. The lowest BCUT2D eigenvalue weighted by molar-refractivity contribution is 0.354. The van der Waals surface area contributed by atoms with Crippen LogP contribution < -0.4 is 26.0 Å². The van der Waals surface area contributed by atoms with Crippen molar-refractivity contribution < 1.29 is 13.9 Å². The fourth-order valence-corrected chi connectivity index (χ4v) is 3.30. The van der Waals surface area contributed by atoms with Gasteiger partial charge in [0.25, 0.3) is 5.56 Å². The Morgan fingerprint density at radius 3 is 2.66 bits per heavy atom. The Balaban J connectivity index is 1.58. The summed E-state index contributed by atoms with van der Waals surface area (Å²) in [6.45, 7) is 0.489. The highest BCUT2D eigenvalue weighted by atomic mass is 19.1. The molecule has 0 aliphatic carbocycles. The monoisotopic (exact) mass is 437 g/mol. The van der Waals surface area contributed by atoms with E-state index < -0.39 is 17.1 Å². The first-order valence-corrected chi connectivity index (χ1v) is 9.73. The van der Waals surface area contributed by atoms with E-state index in [0.717, 1.165) is 16.2 Å². The minimum Gasteiger partial charge on any atom is -0.493 e. The maximum absolute atomic E-state index is 13.6. The van der Waals surface area contributed by atoms with Crippen LogP contribution in [0, 0.1) is 5.82 Å². The number of fused-ring (bicyclic) bond motifs is 1. The van der Waals surface area contributed by atoms with Gasteiger partial charge in [-0.25, -0.2) is 23.7 Å². The van der Waals surface area contributed by atoms with Crippen LogP contribution in [0.5, 0.6) is 11.5 Å². The maximum Gasteiger partial charge on any atom is 0.333 e. The van der Waals surface area contributed by atoms with Crippen LogP contribution in [0.25, 0.3) is 16.7 Å². The number of aromatic amines is 1. The molecule has 0 saturated heterocycles. The predicted molar refractivity (Wildman–Crippen MR) is 117 cm³/mol. The van der Waals surface area contributed by atoms with Gasteiger partial charge in [0, 0.05) is 6.54 Å². The van der Waals surface area contributed by atoms with Crippen molar-refractivity contribution >= 4 is 17.0 Å². The van der Waals surface area contributed by atoms with Gasteiger partial charge in [-0.1, -0.05) is 12.1 Å². The third kappa shape index (κ3) is 4.15. The Morgan fingerprint density at radius 2 is 1.91 bits per heavy atom. The highest BCUT2D eigenvalue weighted by molar-refractivity contribution is 5.73. The molecule has 0 aliphatic rings. The number of hydrogen-bond donors (Lipinski definition) is 2. The number of anilines is 1. The quantitative estimate of drug-likeness (QED) is 0.456. The summed E-state index contributed by atoms with van der Waals surface area (Å²) in [6, 6.07) is 10.8. The van der Waals surface area contributed by atoms with Gasteiger partial charge >= 0.3 is 5.69 Å². The van der Waals surface area contributed by atoms with Gasteiger partial charge in [-0.2, -0.15) is 0 Å². The van der Waals surface area contributed by atoms with Crippen LogP contribution in [0.3, 0.4) is 0 Å². The molecule has 10 heteroatoms. The van der Waals surface area contributed by atoms with Crippen molar-refractivity contribution in [3.05, 3.63) is 80.9 Å². The van der Waals surface area contributed by atoms with Crippen LogP contribution in [0.2, 0.25) is 0 Å². The normalized spacial score (nSPS) is 10.8. The Bertz CT molecular complexity index is 1400. The molecule has 2 heterocycles. The lowest BCUT2D eigenvalue weighted by atomic mass is 10.1. The van der Waals surface area contributed by atoms with Crippen molar-refractivity contribution in [2.45, 2.75) is 6.42 Å². The van der Waals surface area contributed by atoms with E-state index in [2.05, 4.69) is 20.3 Å². The van der Waals surface area contributed by atoms with Crippen LogP contribution in [0.15, 0.2) is 58.3 Å². The number of rotatable bonds is 7. The molecular weight excluding hydrogens is 417 g/mol. The smallest absolute Gasteiger partial charge is 0.333 e. The molecule has 4 aromatic rings. The van der Waals surface area contributed by atoms with E-state index in [1.807, 2.05) is 18.2 Å². The van der Waals surface area contributed by atoms with Crippen LogP contribution >= 0.6 is 0 Å². The Labute approximate surface area is 181 Å². The van der Waals surface area contributed by atoms with E-state index in [1.165, 1.54) is 24.4 Å². The first-order valence-electron chi connectivity index (χ1n) is 9.73. The molecule has 32 heavy (non-hydrogen) atoms. The molecule has 9 nitrogen and oxygen atoms in total. The summed E-state index contributed by atoms with van der Waals surface area (Å²) in [5.74, 6) is 0.946. The first-order chi connectivity index (χ1) is 15.5. The summed E-state index contributed by atoms with van der Waals surface area (Å²) < 4.78 is 25.0. The molecule has 0 fully saturated rings. The van der Waals surface area contributed by atoms with Gasteiger partial charge in [-0.15, -0.1) is 0 Å². The van der Waals surface area contributed by atoms with E-state index >= 15 is 0 Å². The lowest BCUT2D eigenvalue weighted by Gasteiger charge is -2.10. The minimum absolute atomic E-state index is 0.0116. The number of H-pyrrole nitrogens is 1. The number of nitrogens with zero attached hydrogens (tertiary/aromatic N) is 3. The van der Waals surface area contributed by atoms with Crippen molar-refractivity contribution in [1.82, 2.24) is 19.5 Å². The summed E-state index contributed by atoms with van der Waals surface area (Å²) in [7, 11) is 3.15. The van der Waals surface area contributed by atoms with Crippen LogP contribution in [0.1, 0.15) is 5.56 Å². The zero-order valence-corrected chi connectivity index (χ0v) is 17.4. The van der Waals surface area contributed by atoms with E-state index in [9.17, 15) is 14.0 Å². The number of methoxy groups -OCH3 is 2. The predicted octanol–water partition coefficient (Wildman–Crippen LogP) is 2.28. The molecule has 0 unspecified atom stereocenters. The van der Waals surface area contributed by atoms with E-state index in [0.29, 0.717) is 24.5 Å². The van der Waals surface area contributed by atoms with Gasteiger partial charge in [0.1, 0.15) is 5.82 Å². The second-order valence-corrected chi connectivity index (χ2v) is 6.87. The molecule has 0 amide bonds. The molecule has 0 spiro atoms. The van der Waals surface area contributed by atoms with Crippen LogP contribution in [0.4, 0.5) is 10.3 Å². The van der Waals surface area contributed by atoms with Gasteiger partial charge in [0.05, 0.1) is 31.6 Å². The molecule has 0 saturated carbocycles. The standard InChI is InChI=1S/C22H20FN5O4/c1-31-17-7-6-13(10-18(17)32-2)8-9-24-21-25-12-16-19(27-21)20(29)28(22(30)26-16)15-5-3-4-14(23)11-15/h3-7,10-12H,8-9H2,1-2H3,(H,26,30)(H,24,25,27). The van der Waals surface area contributed by atoms with Crippen molar-refractivity contribution in [2.75, 3.05) is 26.1 Å². The highest BCUT2D eigenvalue weighted by Gasteiger charge is 2.13. The zero-order chi connectivity index (χ0) is 22.7. The Hall–Kier alpha value is -4.21. The summed E-state index contributed by atoms with van der Waals surface area (Å²) >= 11 is 0. The molecule has 0 aliphatic heterocycles. The number of benzene rings is 2. The fraction of sp³-hybridized carbons (Fsp3) is 0.182. The molecule has 0 atom stereocenters. The van der Waals surface area contributed by atoms with Gasteiger partial charge in [0.2, 0.25) is 5.95 Å². The van der Waals surface area contributed by atoms with Crippen molar-refractivity contribution in [3.63, 3.8) is 0 Å². The zero-order valence-electron chi connectivity index (χ0n) is 17.4. The minimum atomic E-state index is -0.703. The van der Waals surface area contributed by atoms with Gasteiger partial charge in [0.15, 0.2) is 17.0 Å². The van der Waals surface area contributed by atoms with Gasteiger partial charge in [-0.05, 0) is 42.3 Å². The highest BCUT2D eigenvalue weighted by Crippen LogP contribution is 2.27. The number of aromatic nitrogens is 4. The summed E-state index contributed by atoms with van der Waals surface area (Å²) in [6.07, 6.45) is 2.00. The lowest BCUT2D eigenvalue weighted by Crippen LogP contribution is -2.34. The van der Waals surface area contributed by atoms with Crippen molar-refractivity contribution in [1.29, 1.82) is 0 Å². The first kappa shape index (κ1) is 21.0. The molecule has 0 bridgehead atoms. The Kier molecular flexibility index (Phi) is 5.84. The van der Waals surface area contributed by atoms with Gasteiger partial charge < -0.3 is 19.8 Å². The molecule has 164 valence electrons. The maximum atomic E-state index is 13.6. The van der Waals surface area contributed by atoms with E-state index in [4.69, 9.17) is 9.47 Å². The molecule has 2 aromatic heterocycles. The number of halogens is 1. The van der Waals surface area contributed by atoms with E-state index in [-0.39, 0.29) is 22.7 Å². The second kappa shape index (κ2) is 8.88. The number of ether oxygens (including phenoxy) is 2. The van der Waals surface area contributed by atoms with Crippen molar-refractivity contribution in [3.8, 4) is 17.2 Å². The molecular formula is C22H20FN5O4. The second-order valence-electron chi connectivity index (χ2n) is 6.87. The average molecular weight is 437 g/mol. The largest absolute Gasteiger partial charge is 0.493 e. The van der Waals surface area contributed by atoms with E-state index in [1.54, 1.807) is 14.2 Å². The van der Waals surface area contributed by atoms with Crippen LogP contribution in [-0.2, 0) is 6.42 Å². The molecule has 4 rings (SSSR count). The van der Waals surface area contributed by atoms with Crippen LogP contribution in [-0.4, -0.2) is 40.3 Å². The number of nitrogens with one attached hydrogen (secondary N) is 2. The summed E-state index contributed by atoms with van der Waals surface area (Å²) in [4.78, 5) is 36.2. The third-order valence-electron chi connectivity index (χ3n) is 4.85. The third-order valence-corrected chi connectivity index (χ3v) is 4.85. The molecule has 2 N–H and O–H groups in total. The topological polar surface area (TPSA) is 111 Å². The average Bonchev–Trinajstić information content (AvgIpc) is 2.79. The summed E-state index contributed by atoms with van der Waals surface area (Å²) in [5, 5.41) is 3.07. The van der Waals surface area contributed by atoms with Gasteiger partial charge in [-0.3, -0.25) is 4.79 Å². The van der Waals surface area contributed by atoms with Crippen molar-refractivity contribution in [2.24, 2.45) is 0 Å². The fourth-order valence-electron chi connectivity index (χ4n) is 3.30. The molecule has 2 aromatic carbocycles. The number of hydrogen-bond acceptors (Lipinski definition) is 7. The molecule has 0 radical (unpaired) electrons. The Morgan fingerprint density at radius 1 is 1.09 bits per heavy atom.